The molecule has 2 aromatic heterocycles. The molecule has 0 aliphatic carbocycles. The van der Waals surface area contributed by atoms with Crippen LogP contribution in [0.25, 0.3) is 11.3 Å². The molecule has 0 fully saturated rings. The number of carbonyl (C=O) groups excluding carboxylic acids is 1. The Hall–Kier alpha value is -2.93. The third-order valence-corrected chi connectivity index (χ3v) is 4.86. The van der Waals surface area contributed by atoms with Gasteiger partial charge in [0.2, 0.25) is 5.91 Å². The van der Waals surface area contributed by atoms with Gasteiger partial charge in [0.25, 0.3) is 0 Å². The first-order chi connectivity index (χ1) is 13.6. The summed E-state index contributed by atoms with van der Waals surface area (Å²) < 4.78 is 7.71. The van der Waals surface area contributed by atoms with Crippen LogP contribution in [0, 0.1) is 6.92 Å². The smallest absolute Gasteiger partial charge is 0.221 e. The fraction of sp³-hybridized carbons (Fsp3) is 0.300. The Morgan fingerprint density at radius 1 is 1.39 bits per heavy atom. The number of amides is 1. The Kier molecular flexibility index (Phi) is 5.25. The molecule has 1 amide bonds. The fourth-order valence-electron chi connectivity index (χ4n) is 3.22. The first kappa shape index (κ1) is 18.4. The van der Waals surface area contributed by atoms with Crippen LogP contribution in [0.15, 0.2) is 43.0 Å². The van der Waals surface area contributed by atoms with Gasteiger partial charge in [0.05, 0.1) is 29.2 Å². The summed E-state index contributed by atoms with van der Waals surface area (Å²) in [7, 11) is 0. The summed E-state index contributed by atoms with van der Waals surface area (Å²) >= 11 is 6.40. The molecule has 0 saturated carbocycles. The predicted molar refractivity (Wildman–Crippen MR) is 105 cm³/mol. The van der Waals surface area contributed by atoms with Gasteiger partial charge in [-0.2, -0.15) is 5.10 Å². The number of halogens is 1. The molecule has 0 spiro atoms. The molecule has 8 heteroatoms. The van der Waals surface area contributed by atoms with Gasteiger partial charge in [0, 0.05) is 49.1 Å². The third kappa shape index (κ3) is 4.14. The highest BCUT2D eigenvalue weighted by atomic mass is 35.5. The van der Waals surface area contributed by atoms with Crippen molar-refractivity contribution in [2.75, 3.05) is 6.54 Å². The van der Waals surface area contributed by atoms with Gasteiger partial charge in [-0.3, -0.25) is 19.4 Å². The molecule has 0 bridgehead atoms. The highest BCUT2D eigenvalue weighted by Crippen LogP contribution is 2.39. The average Bonchev–Trinajstić information content (AvgIpc) is 3.31. The predicted octanol–water partition coefficient (Wildman–Crippen LogP) is 2.81. The van der Waals surface area contributed by atoms with Gasteiger partial charge in [-0.15, -0.1) is 0 Å². The SMILES string of the molecule is Cc1ccn(CCC(=O)NC[C@@H]2Cc3cc(-c4cnccn4)cc(Cl)c3O2)n1. The second-order valence-corrected chi connectivity index (χ2v) is 7.16. The van der Waals surface area contributed by atoms with Crippen LogP contribution >= 0.6 is 11.6 Å². The number of fused-ring (bicyclic) bond motifs is 1. The number of hydrogen-bond donors (Lipinski definition) is 1. The summed E-state index contributed by atoms with van der Waals surface area (Å²) in [5.74, 6) is 0.652. The molecule has 144 valence electrons. The van der Waals surface area contributed by atoms with E-state index >= 15 is 0 Å². The van der Waals surface area contributed by atoms with Crippen LogP contribution in [0.5, 0.6) is 5.75 Å². The minimum absolute atomic E-state index is 0.0287. The molecular weight excluding hydrogens is 378 g/mol. The molecule has 3 heterocycles. The lowest BCUT2D eigenvalue weighted by atomic mass is 10.0. The summed E-state index contributed by atoms with van der Waals surface area (Å²) in [5.41, 5.74) is 3.62. The lowest BCUT2D eigenvalue weighted by Crippen LogP contribution is -2.34. The van der Waals surface area contributed by atoms with E-state index in [1.165, 1.54) is 0 Å². The highest BCUT2D eigenvalue weighted by Gasteiger charge is 2.26. The topological polar surface area (TPSA) is 81.9 Å². The molecule has 1 aliphatic rings. The van der Waals surface area contributed by atoms with Crippen LogP contribution in [-0.2, 0) is 17.8 Å². The maximum atomic E-state index is 12.1. The van der Waals surface area contributed by atoms with Crippen molar-refractivity contribution in [1.29, 1.82) is 0 Å². The summed E-state index contributed by atoms with van der Waals surface area (Å²) in [6.07, 6.45) is 7.77. The molecule has 1 aromatic carbocycles. The first-order valence-electron chi connectivity index (χ1n) is 9.11. The number of rotatable bonds is 6. The third-order valence-electron chi connectivity index (χ3n) is 4.58. The normalized spacial score (nSPS) is 15.1. The van der Waals surface area contributed by atoms with E-state index in [-0.39, 0.29) is 12.0 Å². The van der Waals surface area contributed by atoms with Crippen molar-refractivity contribution in [2.45, 2.75) is 32.4 Å². The molecule has 0 unspecified atom stereocenters. The standard InChI is InChI=1S/C20H20ClN5O2/c1-13-2-6-26(25-13)7-3-19(27)24-11-16-9-15-8-14(10-17(21)20(15)28-16)18-12-22-4-5-23-18/h2,4-6,8,10,12,16H,3,7,9,11H2,1H3,(H,24,27)/t16-/m0/s1. The fourth-order valence-corrected chi connectivity index (χ4v) is 3.50. The van der Waals surface area contributed by atoms with Crippen molar-refractivity contribution in [3.8, 4) is 17.0 Å². The maximum Gasteiger partial charge on any atom is 0.221 e. The minimum Gasteiger partial charge on any atom is -0.486 e. The first-order valence-corrected chi connectivity index (χ1v) is 9.48. The zero-order chi connectivity index (χ0) is 19.5. The van der Waals surface area contributed by atoms with Crippen molar-refractivity contribution in [3.63, 3.8) is 0 Å². The Labute approximate surface area is 167 Å². The monoisotopic (exact) mass is 397 g/mol. The molecule has 1 atom stereocenters. The number of hydrogen-bond acceptors (Lipinski definition) is 5. The maximum absolute atomic E-state index is 12.1. The van der Waals surface area contributed by atoms with Gasteiger partial charge in [0.1, 0.15) is 11.9 Å². The summed E-state index contributed by atoms with van der Waals surface area (Å²) in [5, 5.41) is 7.75. The van der Waals surface area contributed by atoms with Crippen molar-refractivity contribution in [2.24, 2.45) is 0 Å². The van der Waals surface area contributed by atoms with Gasteiger partial charge in [-0.25, -0.2) is 0 Å². The Morgan fingerprint density at radius 3 is 3.04 bits per heavy atom. The quantitative estimate of drug-likeness (QED) is 0.691. The van der Waals surface area contributed by atoms with E-state index in [1.54, 1.807) is 23.3 Å². The van der Waals surface area contributed by atoms with Gasteiger partial charge in [-0.1, -0.05) is 11.6 Å². The molecule has 0 radical (unpaired) electrons. The number of nitrogens with zero attached hydrogens (tertiary/aromatic N) is 4. The molecule has 28 heavy (non-hydrogen) atoms. The van der Waals surface area contributed by atoms with Crippen molar-refractivity contribution in [1.82, 2.24) is 25.1 Å². The minimum atomic E-state index is -0.138. The van der Waals surface area contributed by atoms with Crippen molar-refractivity contribution >= 4 is 17.5 Å². The van der Waals surface area contributed by atoms with E-state index < -0.39 is 0 Å². The number of aryl methyl sites for hydroxylation is 2. The Bertz CT molecular complexity index is 990. The Balaban J connectivity index is 1.33. The van der Waals surface area contributed by atoms with Crippen LogP contribution in [0.3, 0.4) is 0 Å². The van der Waals surface area contributed by atoms with E-state index in [9.17, 15) is 4.79 Å². The number of benzene rings is 1. The lowest BCUT2D eigenvalue weighted by molar-refractivity contribution is -0.121. The molecule has 1 N–H and O–H groups in total. The number of carbonyl (C=O) groups is 1. The zero-order valence-corrected chi connectivity index (χ0v) is 16.2. The lowest BCUT2D eigenvalue weighted by Gasteiger charge is -2.12. The largest absolute Gasteiger partial charge is 0.486 e. The van der Waals surface area contributed by atoms with Gasteiger partial charge in [-0.05, 0) is 25.1 Å². The van der Waals surface area contributed by atoms with E-state index in [1.807, 2.05) is 31.3 Å². The second-order valence-electron chi connectivity index (χ2n) is 6.76. The molecule has 0 saturated heterocycles. The molecule has 1 aliphatic heterocycles. The van der Waals surface area contributed by atoms with Crippen LogP contribution in [0.1, 0.15) is 17.7 Å². The van der Waals surface area contributed by atoms with Crippen LogP contribution in [0.2, 0.25) is 5.02 Å². The van der Waals surface area contributed by atoms with E-state index in [2.05, 4.69) is 20.4 Å². The van der Waals surface area contributed by atoms with E-state index in [4.69, 9.17) is 16.3 Å². The van der Waals surface area contributed by atoms with Gasteiger partial charge in [0.15, 0.2) is 0 Å². The number of aromatic nitrogens is 4. The van der Waals surface area contributed by atoms with E-state index in [0.717, 1.165) is 22.5 Å². The van der Waals surface area contributed by atoms with Gasteiger partial charge >= 0.3 is 0 Å². The molecule has 7 nitrogen and oxygen atoms in total. The Morgan fingerprint density at radius 2 is 2.29 bits per heavy atom. The highest BCUT2D eigenvalue weighted by molar-refractivity contribution is 6.32. The molecule has 4 rings (SSSR count). The summed E-state index contributed by atoms with van der Waals surface area (Å²) in [4.78, 5) is 20.5. The van der Waals surface area contributed by atoms with Crippen LogP contribution < -0.4 is 10.1 Å². The molecule has 3 aromatic rings. The van der Waals surface area contributed by atoms with Gasteiger partial charge < -0.3 is 10.1 Å². The average molecular weight is 398 g/mol. The molecular formula is C20H20ClN5O2. The number of ether oxygens (including phenoxy) is 1. The van der Waals surface area contributed by atoms with E-state index in [0.29, 0.717) is 36.7 Å². The summed E-state index contributed by atoms with van der Waals surface area (Å²) in [6, 6.07) is 5.77. The van der Waals surface area contributed by atoms with Crippen molar-refractivity contribution in [3.05, 3.63) is 59.3 Å². The van der Waals surface area contributed by atoms with Crippen LogP contribution in [0.4, 0.5) is 0 Å². The zero-order valence-electron chi connectivity index (χ0n) is 15.4. The second kappa shape index (κ2) is 7.98. The van der Waals surface area contributed by atoms with Crippen molar-refractivity contribution < 1.29 is 9.53 Å². The number of nitrogens with one attached hydrogen (secondary N) is 1. The summed E-state index contributed by atoms with van der Waals surface area (Å²) in [6.45, 7) is 2.91. The van der Waals surface area contributed by atoms with Crippen LogP contribution in [-0.4, -0.2) is 38.3 Å².